The van der Waals surface area contributed by atoms with Gasteiger partial charge in [-0.3, -0.25) is 9.30 Å². The first-order chi connectivity index (χ1) is 16.6. The van der Waals surface area contributed by atoms with Crippen LogP contribution in [-0.2, 0) is 19.6 Å². The molecule has 0 amide bonds. The van der Waals surface area contributed by atoms with Crippen molar-refractivity contribution in [3.8, 4) is 5.75 Å². The van der Waals surface area contributed by atoms with Gasteiger partial charge < -0.3 is 9.30 Å². The fraction of sp³-hybridized carbons (Fsp3) is 0.520. The van der Waals surface area contributed by atoms with Gasteiger partial charge in [0.2, 0.25) is 4.77 Å². The number of nitrogens with zero attached hydrogens (tertiary/aromatic N) is 7. The molecule has 0 N–H and O–H groups in total. The molecule has 4 aromatic rings. The third-order valence-corrected chi connectivity index (χ3v) is 7.82. The van der Waals surface area contributed by atoms with Gasteiger partial charge in [0.15, 0.2) is 5.65 Å². The first kappa shape index (κ1) is 21.7. The molecule has 1 atom stereocenters. The second kappa shape index (κ2) is 8.78. The van der Waals surface area contributed by atoms with Crippen LogP contribution in [0.15, 0.2) is 24.3 Å². The Morgan fingerprint density at radius 1 is 1.09 bits per heavy atom. The van der Waals surface area contributed by atoms with E-state index < -0.39 is 0 Å². The van der Waals surface area contributed by atoms with Crippen LogP contribution in [0.25, 0.3) is 16.6 Å². The molecule has 1 fully saturated rings. The summed E-state index contributed by atoms with van der Waals surface area (Å²) in [6.07, 6.45) is 7.09. The molecule has 0 saturated carbocycles. The van der Waals surface area contributed by atoms with Gasteiger partial charge >= 0.3 is 0 Å². The predicted molar refractivity (Wildman–Crippen MR) is 134 cm³/mol. The van der Waals surface area contributed by atoms with Crippen molar-refractivity contribution < 1.29 is 4.74 Å². The number of rotatable bonds is 4. The highest BCUT2D eigenvalue weighted by Gasteiger charge is 2.28. The number of fused-ring (bicyclic) bond motifs is 4. The summed E-state index contributed by atoms with van der Waals surface area (Å²) in [5.74, 6) is 3.57. The SMILES string of the molecule is COc1ccc2c(C)cc3nn(CN4CCCC(c5nnc6n5CCCCC6)C4)c(=S)n3c2c1. The van der Waals surface area contributed by atoms with E-state index in [-0.39, 0.29) is 0 Å². The van der Waals surface area contributed by atoms with Crippen molar-refractivity contribution in [2.45, 2.75) is 64.6 Å². The minimum atomic E-state index is 0.409. The number of ether oxygens (including phenoxy) is 1. The smallest absolute Gasteiger partial charge is 0.204 e. The van der Waals surface area contributed by atoms with Gasteiger partial charge in [0.05, 0.1) is 19.3 Å². The van der Waals surface area contributed by atoms with Crippen LogP contribution in [0, 0.1) is 11.7 Å². The fourth-order valence-electron chi connectivity index (χ4n) is 5.66. The Balaban J connectivity index is 1.30. The highest BCUT2D eigenvalue weighted by atomic mass is 32.1. The average Bonchev–Trinajstić information content (AvgIpc) is 3.29. The maximum Gasteiger partial charge on any atom is 0.204 e. The first-order valence-corrected chi connectivity index (χ1v) is 12.7. The van der Waals surface area contributed by atoms with Gasteiger partial charge in [0.1, 0.15) is 17.4 Å². The second-order valence-corrected chi connectivity index (χ2v) is 10.0. The molecule has 1 aromatic carbocycles. The van der Waals surface area contributed by atoms with Crippen molar-refractivity contribution in [2.24, 2.45) is 0 Å². The molecule has 5 heterocycles. The minimum absolute atomic E-state index is 0.409. The van der Waals surface area contributed by atoms with Crippen LogP contribution >= 0.6 is 12.2 Å². The summed E-state index contributed by atoms with van der Waals surface area (Å²) >= 11 is 5.92. The van der Waals surface area contributed by atoms with E-state index in [1.54, 1.807) is 7.11 Å². The highest BCUT2D eigenvalue weighted by molar-refractivity contribution is 7.71. The Kier molecular flexibility index (Phi) is 5.61. The zero-order chi connectivity index (χ0) is 23.2. The Labute approximate surface area is 204 Å². The number of likely N-dealkylation sites (tertiary alicyclic amines) is 1. The van der Waals surface area contributed by atoms with E-state index >= 15 is 0 Å². The molecule has 0 bridgehead atoms. The molecule has 9 heteroatoms. The molecular formula is C25H31N7OS. The average molecular weight is 478 g/mol. The Morgan fingerprint density at radius 2 is 2.00 bits per heavy atom. The van der Waals surface area contributed by atoms with E-state index in [1.807, 2.05) is 16.8 Å². The summed E-state index contributed by atoms with van der Waals surface area (Å²) in [6.45, 7) is 5.86. The summed E-state index contributed by atoms with van der Waals surface area (Å²) in [7, 11) is 1.69. The summed E-state index contributed by atoms with van der Waals surface area (Å²) in [5.41, 5.74) is 3.09. The molecule has 1 saturated heterocycles. The molecule has 2 aliphatic rings. The van der Waals surface area contributed by atoms with Crippen LogP contribution < -0.4 is 4.74 Å². The molecule has 34 heavy (non-hydrogen) atoms. The van der Waals surface area contributed by atoms with E-state index in [9.17, 15) is 0 Å². The number of benzene rings is 1. The number of aryl methyl sites for hydroxylation is 2. The molecule has 178 valence electrons. The largest absolute Gasteiger partial charge is 0.497 e. The minimum Gasteiger partial charge on any atom is -0.497 e. The van der Waals surface area contributed by atoms with Gasteiger partial charge in [-0.25, -0.2) is 4.68 Å². The molecule has 3 aromatic heterocycles. The molecule has 0 radical (unpaired) electrons. The van der Waals surface area contributed by atoms with Crippen molar-refractivity contribution in [1.82, 2.24) is 33.8 Å². The van der Waals surface area contributed by atoms with Gasteiger partial charge in [-0.2, -0.15) is 5.10 Å². The molecule has 0 spiro atoms. The number of pyridine rings is 1. The zero-order valence-corrected chi connectivity index (χ0v) is 20.7. The van der Waals surface area contributed by atoms with Crippen molar-refractivity contribution in [2.75, 3.05) is 20.2 Å². The summed E-state index contributed by atoms with van der Waals surface area (Å²) in [6, 6.07) is 8.25. The van der Waals surface area contributed by atoms with Crippen LogP contribution in [-0.4, -0.2) is 54.0 Å². The topological polar surface area (TPSA) is 65.4 Å². The van der Waals surface area contributed by atoms with Gasteiger partial charge in [-0.05, 0) is 75.1 Å². The van der Waals surface area contributed by atoms with Gasteiger partial charge in [-0.15, -0.1) is 10.2 Å². The number of hydrogen-bond donors (Lipinski definition) is 0. The lowest BCUT2D eigenvalue weighted by atomic mass is 9.97. The maximum absolute atomic E-state index is 5.92. The fourth-order valence-corrected chi connectivity index (χ4v) is 5.95. The van der Waals surface area contributed by atoms with Crippen molar-refractivity contribution >= 4 is 28.8 Å². The van der Waals surface area contributed by atoms with Gasteiger partial charge in [-0.1, -0.05) is 6.42 Å². The van der Waals surface area contributed by atoms with E-state index in [1.165, 1.54) is 36.5 Å². The lowest BCUT2D eigenvalue weighted by Gasteiger charge is -2.32. The third kappa shape index (κ3) is 3.71. The van der Waals surface area contributed by atoms with E-state index in [0.717, 1.165) is 61.2 Å². The lowest BCUT2D eigenvalue weighted by Crippen LogP contribution is -2.37. The van der Waals surface area contributed by atoms with E-state index in [2.05, 4.69) is 43.1 Å². The quantitative estimate of drug-likeness (QED) is 0.404. The lowest BCUT2D eigenvalue weighted by molar-refractivity contribution is 0.152. The molecular weight excluding hydrogens is 446 g/mol. The van der Waals surface area contributed by atoms with Crippen LogP contribution in [0.1, 0.15) is 55.2 Å². The van der Waals surface area contributed by atoms with Crippen LogP contribution in [0.2, 0.25) is 0 Å². The standard InChI is InChI=1S/C25H31N7OS/c1-17-13-23-28-31(25(34)32(23)21-14-19(33-2)9-10-20(17)21)16-29-11-6-7-18(15-29)24-27-26-22-8-4-3-5-12-30(22)24/h9-10,13-14,18H,3-8,11-12,15-16H2,1-2H3. The maximum atomic E-state index is 5.92. The van der Waals surface area contributed by atoms with Crippen LogP contribution in [0.5, 0.6) is 5.75 Å². The van der Waals surface area contributed by atoms with Crippen LogP contribution in [0.3, 0.4) is 0 Å². The predicted octanol–water partition coefficient (Wildman–Crippen LogP) is 4.49. The number of hydrogen-bond acceptors (Lipinski definition) is 6. The van der Waals surface area contributed by atoms with Crippen LogP contribution in [0.4, 0.5) is 0 Å². The molecule has 0 aliphatic carbocycles. The van der Waals surface area contributed by atoms with E-state index in [0.29, 0.717) is 17.4 Å². The van der Waals surface area contributed by atoms with Crippen molar-refractivity contribution in [3.63, 3.8) is 0 Å². The number of methoxy groups -OCH3 is 1. The van der Waals surface area contributed by atoms with Crippen molar-refractivity contribution in [1.29, 1.82) is 0 Å². The molecule has 2 aliphatic heterocycles. The monoisotopic (exact) mass is 477 g/mol. The first-order valence-electron chi connectivity index (χ1n) is 12.3. The highest BCUT2D eigenvalue weighted by Crippen LogP contribution is 2.29. The zero-order valence-electron chi connectivity index (χ0n) is 19.9. The molecule has 8 nitrogen and oxygen atoms in total. The Hall–Kier alpha value is -2.78. The van der Waals surface area contributed by atoms with Gasteiger partial charge in [0, 0.05) is 36.9 Å². The Bertz CT molecular complexity index is 1420. The number of aromatic nitrogens is 6. The molecule has 6 rings (SSSR count). The van der Waals surface area contributed by atoms with Gasteiger partial charge in [0.25, 0.3) is 0 Å². The normalized spacial score (nSPS) is 19.4. The second-order valence-electron chi connectivity index (χ2n) is 9.68. The summed E-state index contributed by atoms with van der Waals surface area (Å²) < 4.78 is 12.6. The van der Waals surface area contributed by atoms with Crippen molar-refractivity contribution in [3.05, 3.63) is 46.2 Å². The molecule has 1 unspecified atom stereocenters. The van der Waals surface area contributed by atoms with E-state index in [4.69, 9.17) is 22.1 Å². The number of piperidine rings is 1. The summed E-state index contributed by atoms with van der Waals surface area (Å²) in [4.78, 5) is 2.46. The summed E-state index contributed by atoms with van der Waals surface area (Å²) in [5, 5.41) is 15.3. The Morgan fingerprint density at radius 3 is 2.88 bits per heavy atom. The third-order valence-electron chi connectivity index (χ3n) is 7.42.